The number of nitrogens with zero attached hydrogens (tertiary/aromatic N) is 3. The Bertz CT molecular complexity index is 3890. The Hall–Kier alpha value is -8.05. The molecule has 310 valence electrons. The number of fused-ring (bicyclic) bond motifs is 10. The van der Waals surface area contributed by atoms with Gasteiger partial charge in [0.1, 0.15) is 0 Å². The van der Waals surface area contributed by atoms with Gasteiger partial charge < -0.3 is 0 Å². The summed E-state index contributed by atoms with van der Waals surface area (Å²) in [6.45, 7) is 4.70. The lowest BCUT2D eigenvalue weighted by atomic mass is 9.81. The molecule has 0 saturated carbocycles. The fourth-order valence-electron chi connectivity index (χ4n) is 10.4. The zero-order valence-electron chi connectivity index (χ0n) is 36.5. The van der Waals surface area contributed by atoms with Gasteiger partial charge in [0, 0.05) is 69.6 Å². The minimum absolute atomic E-state index is 0.135. The molecule has 1 aliphatic rings. The quantitative estimate of drug-likeness (QED) is 0.156. The van der Waals surface area contributed by atoms with E-state index >= 15 is 0 Å². The van der Waals surface area contributed by atoms with E-state index in [1.165, 1.54) is 64.5 Å². The predicted molar refractivity (Wildman–Crippen MR) is 278 cm³/mol. The van der Waals surface area contributed by atoms with Gasteiger partial charge in [0.15, 0.2) is 5.82 Å². The molecule has 3 nitrogen and oxygen atoms in total. The first kappa shape index (κ1) is 38.4. The highest BCUT2D eigenvalue weighted by Crippen LogP contribution is 2.52. The van der Waals surface area contributed by atoms with E-state index in [9.17, 15) is 0 Å². The molecule has 9 aromatic carbocycles. The molecule has 1 aliphatic carbocycles. The van der Waals surface area contributed by atoms with E-state index in [1.54, 1.807) is 0 Å². The average Bonchev–Trinajstić information content (AvgIpc) is 3.88. The minimum Gasteiger partial charge on any atom is -0.247 e. The van der Waals surface area contributed by atoms with E-state index in [0.717, 1.165) is 61.2 Å². The van der Waals surface area contributed by atoms with Crippen molar-refractivity contribution in [1.29, 1.82) is 0 Å². The highest BCUT2D eigenvalue weighted by atomic mass is 32.1. The molecule has 0 spiro atoms. The van der Waals surface area contributed by atoms with Crippen LogP contribution < -0.4 is 0 Å². The fraction of sp³-hybridized carbons (Fsp3) is 0.0484. The summed E-state index contributed by atoms with van der Waals surface area (Å²) in [6, 6.07) is 76.4. The lowest BCUT2D eigenvalue weighted by molar-refractivity contribution is 0.660. The van der Waals surface area contributed by atoms with Gasteiger partial charge in [-0.15, -0.1) is 11.3 Å². The normalized spacial score (nSPS) is 12.8. The predicted octanol–water partition coefficient (Wildman–Crippen LogP) is 16.9. The van der Waals surface area contributed by atoms with Crippen LogP contribution in [0.2, 0.25) is 0 Å². The van der Waals surface area contributed by atoms with Crippen LogP contribution in [0.3, 0.4) is 0 Å². The number of rotatable bonds is 6. The second kappa shape index (κ2) is 15.0. The first-order chi connectivity index (χ1) is 32.5. The molecule has 4 heteroatoms. The van der Waals surface area contributed by atoms with Gasteiger partial charge >= 0.3 is 0 Å². The summed E-state index contributed by atoms with van der Waals surface area (Å²) < 4.78 is 2.53. The minimum atomic E-state index is -0.135. The van der Waals surface area contributed by atoms with Crippen molar-refractivity contribution in [3.63, 3.8) is 0 Å². The van der Waals surface area contributed by atoms with Crippen molar-refractivity contribution in [2.24, 2.45) is 0 Å². The molecular weight excluding hydrogens is 819 g/mol. The standard InChI is InChI=1S/C62H41N3S/c1-62(2)51-25-12-9-22-45(51)46-33-32-44(35-52(46)62)59-50-36-49(60-58(48-24-11-14-27-56(48)66-60)57(50)47-23-10-13-26-53(47)63-59)42-20-15-21-43(34-42)55-37-54(64-61(65-55)41-18-7-4-8-19-41)40-30-28-39(29-31-40)38-16-5-3-6-17-38/h3-37H,1-2H3. The largest absolute Gasteiger partial charge is 0.247 e. The zero-order valence-corrected chi connectivity index (χ0v) is 37.3. The van der Waals surface area contributed by atoms with Gasteiger partial charge in [-0.2, -0.15) is 0 Å². The van der Waals surface area contributed by atoms with Gasteiger partial charge in [-0.3, -0.25) is 0 Å². The van der Waals surface area contributed by atoms with E-state index in [1.807, 2.05) is 29.5 Å². The summed E-state index contributed by atoms with van der Waals surface area (Å²) in [5.41, 5.74) is 17.8. The Morgan fingerprint density at radius 1 is 0.364 bits per heavy atom. The molecule has 3 heterocycles. The van der Waals surface area contributed by atoms with E-state index < -0.39 is 0 Å². The van der Waals surface area contributed by atoms with Crippen molar-refractivity contribution in [1.82, 2.24) is 15.0 Å². The summed E-state index contributed by atoms with van der Waals surface area (Å²) in [5, 5.41) is 6.10. The number of aromatic nitrogens is 3. The number of pyridine rings is 1. The topological polar surface area (TPSA) is 38.7 Å². The summed E-state index contributed by atoms with van der Waals surface area (Å²) in [6.07, 6.45) is 0. The number of thiophene rings is 1. The van der Waals surface area contributed by atoms with Gasteiger partial charge in [0.05, 0.1) is 22.6 Å². The van der Waals surface area contributed by atoms with Gasteiger partial charge in [-0.05, 0) is 75.3 Å². The maximum Gasteiger partial charge on any atom is 0.160 e. The van der Waals surface area contributed by atoms with Crippen LogP contribution in [0.5, 0.6) is 0 Å². The van der Waals surface area contributed by atoms with Crippen molar-refractivity contribution in [3.05, 3.63) is 223 Å². The maximum atomic E-state index is 5.55. The molecule has 0 unspecified atom stereocenters. The third-order valence-electron chi connectivity index (χ3n) is 13.7. The van der Waals surface area contributed by atoms with Crippen molar-refractivity contribution in [2.45, 2.75) is 19.3 Å². The van der Waals surface area contributed by atoms with E-state index in [-0.39, 0.29) is 5.41 Å². The first-order valence-corrected chi connectivity index (χ1v) is 23.4. The van der Waals surface area contributed by atoms with Gasteiger partial charge in [-0.25, -0.2) is 15.0 Å². The van der Waals surface area contributed by atoms with E-state index in [4.69, 9.17) is 15.0 Å². The smallest absolute Gasteiger partial charge is 0.160 e. The molecule has 0 atom stereocenters. The molecule has 0 amide bonds. The monoisotopic (exact) mass is 859 g/mol. The summed E-state index contributed by atoms with van der Waals surface area (Å²) in [5.74, 6) is 0.696. The molecule has 0 aliphatic heterocycles. The fourth-order valence-corrected chi connectivity index (χ4v) is 11.6. The maximum absolute atomic E-state index is 5.55. The number of para-hydroxylation sites is 1. The molecule has 0 fully saturated rings. The molecule has 13 rings (SSSR count). The average molecular weight is 860 g/mol. The van der Waals surface area contributed by atoms with Crippen LogP contribution in [0, 0.1) is 0 Å². The third-order valence-corrected chi connectivity index (χ3v) is 14.9. The van der Waals surface area contributed by atoms with Crippen LogP contribution in [-0.2, 0) is 5.41 Å². The summed E-state index contributed by atoms with van der Waals surface area (Å²) in [7, 11) is 0. The Labute approximate surface area is 387 Å². The van der Waals surface area contributed by atoms with Crippen LogP contribution in [-0.4, -0.2) is 15.0 Å². The Morgan fingerprint density at radius 3 is 1.79 bits per heavy atom. The molecule has 0 N–H and O–H groups in total. The SMILES string of the molecule is CC1(C)c2ccccc2-c2ccc(-c3nc4ccccc4c4c3cc(-c3cccc(-c5cc(-c6ccc(-c7ccccc7)cc6)nc(-c6ccccc6)n5)c3)c3sc5ccccc5c34)cc21. The Morgan fingerprint density at radius 2 is 0.970 bits per heavy atom. The molecule has 66 heavy (non-hydrogen) atoms. The molecule has 3 aromatic heterocycles. The van der Waals surface area contributed by atoms with Crippen molar-refractivity contribution < 1.29 is 0 Å². The van der Waals surface area contributed by atoms with Crippen LogP contribution >= 0.6 is 11.3 Å². The van der Waals surface area contributed by atoms with Crippen LogP contribution in [0.1, 0.15) is 25.0 Å². The second-order valence-corrected chi connectivity index (χ2v) is 19.0. The van der Waals surface area contributed by atoms with Gasteiger partial charge in [0.25, 0.3) is 0 Å². The number of benzene rings is 9. The van der Waals surface area contributed by atoms with Gasteiger partial charge in [0.2, 0.25) is 0 Å². The lowest BCUT2D eigenvalue weighted by Crippen LogP contribution is -2.14. The zero-order chi connectivity index (χ0) is 43.9. The molecule has 0 bridgehead atoms. The molecule has 12 aromatic rings. The highest BCUT2D eigenvalue weighted by molar-refractivity contribution is 7.26. The van der Waals surface area contributed by atoms with E-state index in [0.29, 0.717) is 5.82 Å². The van der Waals surface area contributed by atoms with Crippen molar-refractivity contribution in [2.75, 3.05) is 0 Å². The van der Waals surface area contributed by atoms with Crippen molar-refractivity contribution in [3.8, 4) is 78.5 Å². The number of hydrogen-bond acceptors (Lipinski definition) is 4. The summed E-state index contributed by atoms with van der Waals surface area (Å²) in [4.78, 5) is 16.0. The van der Waals surface area contributed by atoms with Gasteiger partial charge in [-0.1, -0.05) is 190 Å². The lowest BCUT2D eigenvalue weighted by Gasteiger charge is -2.22. The third kappa shape index (κ3) is 6.13. The molecule has 0 saturated heterocycles. The summed E-state index contributed by atoms with van der Waals surface area (Å²) >= 11 is 1.87. The number of hydrogen-bond donors (Lipinski definition) is 0. The van der Waals surface area contributed by atoms with Crippen LogP contribution in [0.4, 0.5) is 0 Å². The Balaban J connectivity index is 1.03. The van der Waals surface area contributed by atoms with Crippen LogP contribution in [0.25, 0.3) is 120 Å². The molecular formula is C62H41N3S. The molecule has 0 radical (unpaired) electrons. The Kier molecular flexibility index (Phi) is 8.74. The highest BCUT2D eigenvalue weighted by Gasteiger charge is 2.35. The van der Waals surface area contributed by atoms with E-state index in [2.05, 4.69) is 208 Å². The first-order valence-electron chi connectivity index (χ1n) is 22.6. The van der Waals surface area contributed by atoms with Crippen molar-refractivity contribution >= 4 is 53.2 Å². The van der Waals surface area contributed by atoms with Crippen LogP contribution in [0.15, 0.2) is 212 Å². The second-order valence-electron chi connectivity index (χ2n) is 17.9.